The second kappa shape index (κ2) is 8.18. The lowest BCUT2D eigenvalue weighted by molar-refractivity contribution is -0.142. The van der Waals surface area contributed by atoms with Crippen LogP contribution in [0.4, 0.5) is 4.79 Å². The summed E-state index contributed by atoms with van der Waals surface area (Å²) in [6.45, 7) is 1.66. The van der Waals surface area contributed by atoms with Gasteiger partial charge in [-0.05, 0) is 42.0 Å². The van der Waals surface area contributed by atoms with Crippen LogP contribution in [0.25, 0.3) is 11.1 Å². The van der Waals surface area contributed by atoms with E-state index in [-0.39, 0.29) is 30.4 Å². The largest absolute Gasteiger partial charge is 0.480 e. The number of hydrogen-bond acceptors (Lipinski definition) is 4. The maximum Gasteiger partial charge on any atom is 0.407 e. The van der Waals surface area contributed by atoms with Crippen molar-refractivity contribution in [3.05, 3.63) is 59.7 Å². The third kappa shape index (κ3) is 3.87. The van der Waals surface area contributed by atoms with Crippen molar-refractivity contribution in [3.8, 4) is 11.1 Å². The van der Waals surface area contributed by atoms with Gasteiger partial charge in [0, 0.05) is 17.9 Å². The molecule has 3 N–H and O–H groups in total. The molecule has 7 heteroatoms. The summed E-state index contributed by atoms with van der Waals surface area (Å²) in [5, 5.41) is 14.1. The minimum atomic E-state index is -1.07. The van der Waals surface area contributed by atoms with Gasteiger partial charge in [0.25, 0.3) is 0 Å². The van der Waals surface area contributed by atoms with E-state index in [1.54, 1.807) is 0 Å². The van der Waals surface area contributed by atoms with Crippen LogP contribution in [0.5, 0.6) is 0 Å². The Morgan fingerprint density at radius 2 is 1.60 bits per heavy atom. The van der Waals surface area contributed by atoms with Crippen LogP contribution in [0.1, 0.15) is 36.8 Å². The first kappa shape index (κ1) is 19.9. The molecule has 2 amide bonds. The van der Waals surface area contributed by atoms with E-state index in [2.05, 4.69) is 34.9 Å². The van der Waals surface area contributed by atoms with Crippen LogP contribution in [-0.2, 0) is 14.3 Å². The molecular weight excluding hydrogens is 384 g/mol. The number of alkyl carbamates (subject to hydrolysis) is 1. The molecule has 0 heterocycles. The van der Waals surface area contributed by atoms with Crippen LogP contribution in [-0.4, -0.2) is 41.8 Å². The van der Waals surface area contributed by atoms with E-state index in [4.69, 9.17) is 9.84 Å². The number of amides is 2. The van der Waals surface area contributed by atoms with Gasteiger partial charge in [0.05, 0.1) is 0 Å². The maximum absolute atomic E-state index is 12.3. The van der Waals surface area contributed by atoms with Gasteiger partial charge in [0.2, 0.25) is 5.91 Å². The lowest BCUT2D eigenvalue weighted by Crippen LogP contribution is -2.51. The fourth-order valence-corrected chi connectivity index (χ4v) is 4.15. The molecule has 0 bridgehead atoms. The van der Waals surface area contributed by atoms with Crippen molar-refractivity contribution < 1.29 is 24.2 Å². The van der Waals surface area contributed by atoms with Crippen LogP contribution in [0.3, 0.4) is 0 Å². The minimum Gasteiger partial charge on any atom is -0.480 e. The second-order valence-corrected chi connectivity index (χ2v) is 7.90. The molecule has 2 aromatic carbocycles. The summed E-state index contributed by atoms with van der Waals surface area (Å²) in [5.74, 6) is -1.65. The normalized spacial score (nSPS) is 20.3. The predicted molar refractivity (Wildman–Crippen MR) is 110 cm³/mol. The Hall–Kier alpha value is -3.35. The summed E-state index contributed by atoms with van der Waals surface area (Å²) in [6.07, 6.45) is 0.449. The smallest absolute Gasteiger partial charge is 0.407 e. The molecule has 1 unspecified atom stereocenters. The number of benzene rings is 2. The van der Waals surface area contributed by atoms with Gasteiger partial charge in [-0.15, -0.1) is 0 Å². The summed E-state index contributed by atoms with van der Waals surface area (Å²) in [4.78, 5) is 35.1. The molecule has 0 spiro atoms. The highest BCUT2D eigenvalue weighted by atomic mass is 16.5. The van der Waals surface area contributed by atoms with Gasteiger partial charge in [-0.2, -0.15) is 0 Å². The third-order valence-electron chi connectivity index (χ3n) is 5.90. The van der Waals surface area contributed by atoms with Crippen molar-refractivity contribution in [1.82, 2.24) is 10.6 Å². The zero-order valence-corrected chi connectivity index (χ0v) is 16.6. The van der Waals surface area contributed by atoms with Crippen molar-refractivity contribution in [2.45, 2.75) is 37.8 Å². The molecule has 1 fully saturated rings. The number of aliphatic carboxylic acids is 1. The van der Waals surface area contributed by atoms with Gasteiger partial charge >= 0.3 is 12.1 Å². The van der Waals surface area contributed by atoms with Crippen molar-refractivity contribution >= 4 is 18.0 Å². The van der Waals surface area contributed by atoms with Crippen molar-refractivity contribution in [1.29, 1.82) is 0 Å². The van der Waals surface area contributed by atoms with Crippen LogP contribution >= 0.6 is 0 Å². The molecule has 4 rings (SSSR count). The Bertz CT molecular complexity index is 938. The number of rotatable bonds is 6. The van der Waals surface area contributed by atoms with Crippen LogP contribution < -0.4 is 10.6 Å². The summed E-state index contributed by atoms with van der Waals surface area (Å²) in [7, 11) is 0. The van der Waals surface area contributed by atoms with E-state index in [0.29, 0.717) is 12.8 Å². The number of ether oxygens (including phenoxy) is 1. The highest BCUT2D eigenvalue weighted by Gasteiger charge is 2.37. The van der Waals surface area contributed by atoms with Crippen LogP contribution in [0, 0.1) is 5.92 Å². The molecule has 2 aromatic rings. The van der Waals surface area contributed by atoms with E-state index < -0.39 is 18.1 Å². The average Bonchev–Trinajstić information content (AvgIpc) is 3.02. The zero-order chi connectivity index (χ0) is 21.3. The summed E-state index contributed by atoms with van der Waals surface area (Å²) < 4.78 is 5.51. The first-order chi connectivity index (χ1) is 14.4. The van der Waals surface area contributed by atoms with Crippen molar-refractivity contribution in [3.63, 3.8) is 0 Å². The Morgan fingerprint density at radius 3 is 2.17 bits per heavy atom. The van der Waals surface area contributed by atoms with Crippen molar-refractivity contribution in [2.75, 3.05) is 6.61 Å². The molecule has 0 aliphatic heterocycles. The first-order valence-corrected chi connectivity index (χ1v) is 10.1. The molecule has 0 aromatic heterocycles. The number of carbonyl (C=O) groups excluding carboxylic acids is 2. The monoisotopic (exact) mass is 408 g/mol. The molecule has 0 radical (unpaired) electrons. The van der Waals surface area contributed by atoms with Gasteiger partial charge in [0.1, 0.15) is 12.6 Å². The molecule has 2 aliphatic carbocycles. The Balaban J connectivity index is 1.28. The number of nitrogens with one attached hydrogen (secondary N) is 2. The lowest BCUT2D eigenvalue weighted by Gasteiger charge is -2.34. The van der Waals surface area contributed by atoms with E-state index >= 15 is 0 Å². The molecule has 7 nitrogen and oxygen atoms in total. The van der Waals surface area contributed by atoms with E-state index in [9.17, 15) is 14.4 Å². The fourth-order valence-electron chi connectivity index (χ4n) is 4.15. The van der Waals surface area contributed by atoms with E-state index in [0.717, 1.165) is 11.1 Å². The Labute approximate surface area is 174 Å². The molecule has 2 aliphatic rings. The fraction of sp³-hybridized carbons (Fsp3) is 0.348. The van der Waals surface area contributed by atoms with E-state index in [1.165, 1.54) is 18.1 Å². The van der Waals surface area contributed by atoms with Gasteiger partial charge < -0.3 is 20.5 Å². The van der Waals surface area contributed by atoms with Crippen LogP contribution in [0.15, 0.2) is 48.5 Å². The molecule has 1 saturated carbocycles. The predicted octanol–water partition coefficient (Wildman–Crippen LogP) is 2.89. The molecule has 0 saturated heterocycles. The zero-order valence-electron chi connectivity index (χ0n) is 16.6. The van der Waals surface area contributed by atoms with Gasteiger partial charge in [-0.3, -0.25) is 9.59 Å². The summed E-state index contributed by atoms with van der Waals surface area (Å²) in [5.41, 5.74) is 4.65. The maximum atomic E-state index is 12.3. The first-order valence-electron chi connectivity index (χ1n) is 10.1. The molecule has 30 heavy (non-hydrogen) atoms. The SMILES string of the molecule is CC(NC(=O)C1CC(NC(=O)OCC2c3ccccc3-c3ccccc32)C1)C(=O)O. The summed E-state index contributed by atoms with van der Waals surface area (Å²) in [6, 6.07) is 15.2. The summed E-state index contributed by atoms with van der Waals surface area (Å²) >= 11 is 0. The molecule has 156 valence electrons. The van der Waals surface area contributed by atoms with Gasteiger partial charge in [0.15, 0.2) is 0 Å². The third-order valence-corrected chi connectivity index (χ3v) is 5.90. The van der Waals surface area contributed by atoms with Gasteiger partial charge in [-0.25, -0.2) is 4.79 Å². The Kier molecular flexibility index (Phi) is 5.44. The highest BCUT2D eigenvalue weighted by Crippen LogP contribution is 2.44. The standard InChI is InChI=1S/C23H24N2O5/c1-13(22(27)28)24-21(26)14-10-15(11-14)25-23(29)30-12-20-18-8-4-2-6-16(18)17-7-3-5-9-19(17)20/h2-9,13-15,20H,10-12H2,1H3,(H,24,26)(H,25,29)(H,27,28). The minimum absolute atomic E-state index is 0.000531. The topological polar surface area (TPSA) is 105 Å². The number of hydrogen-bond donors (Lipinski definition) is 3. The Morgan fingerprint density at radius 1 is 1.03 bits per heavy atom. The number of carbonyl (C=O) groups is 3. The number of fused-ring (bicyclic) bond motifs is 3. The van der Waals surface area contributed by atoms with E-state index in [1.807, 2.05) is 24.3 Å². The molecular formula is C23H24N2O5. The number of carboxylic acid groups (broad SMARTS) is 1. The quantitative estimate of drug-likeness (QED) is 0.682. The van der Waals surface area contributed by atoms with Crippen LogP contribution in [0.2, 0.25) is 0 Å². The molecule has 1 atom stereocenters. The second-order valence-electron chi connectivity index (χ2n) is 7.90. The van der Waals surface area contributed by atoms with Crippen molar-refractivity contribution in [2.24, 2.45) is 5.92 Å². The van der Waals surface area contributed by atoms with Gasteiger partial charge in [-0.1, -0.05) is 48.5 Å². The lowest BCUT2D eigenvalue weighted by atomic mass is 9.79. The average molecular weight is 408 g/mol. The highest BCUT2D eigenvalue weighted by molar-refractivity contribution is 5.85. The number of carboxylic acids is 1.